The number of aromatic nitrogens is 4. The Balaban J connectivity index is 2.10. The van der Waals surface area contributed by atoms with E-state index in [9.17, 15) is 4.79 Å². The largest absolute Gasteiger partial charge is 0.324 e. The molecule has 2 heterocycles. The Kier molecular flexibility index (Phi) is 3.97. The van der Waals surface area contributed by atoms with Gasteiger partial charge in [-0.25, -0.2) is 14.8 Å². The molecule has 0 saturated carbocycles. The molecule has 7 heteroatoms. The molecule has 0 aliphatic heterocycles. The molecule has 0 spiro atoms. The molecule has 0 aliphatic carbocycles. The van der Waals surface area contributed by atoms with Crippen LogP contribution in [0.2, 0.25) is 0 Å². The summed E-state index contributed by atoms with van der Waals surface area (Å²) in [6.45, 7) is 8.33. The van der Waals surface area contributed by atoms with Gasteiger partial charge in [0.15, 0.2) is 0 Å². The van der Waals surface area contributed by atoms with E-state index in [1.54, 1.807) is 19.2 Å². The van der Waals surface area contributed by atoms with Gasteiger partial charge in [0, 0.05) is 12.7 Å². The molecule has 2 rings (SSSR count). The summed E-state index contributed by atoms with van der Waals surface area (Å²) in [6.07, 6.45) is 1.60. The summed E-state index contributed by atoms with van der Waals surface area (Å²) in [5.41, 5.74) is 2.45. The number of hydrogen-bond acceptors (Lipinski definition) is 4. The predicted molar refractivity (Wildman–Crippen MR) is 76.8 cm³/mol. The summed E-state index contributed by atoms with van der Waals surface area (Å²) in [6, 6.07) is 1.30. The molecule has 0 bridgehead atoms. The Labute approximate surface area is 117 Å². The molecule has 7 nitrogen and oxygen atoms in total. The molecular weight excluding hydrogens is 256 g/mol. The minimum Gasteiger partial charge on any atom is -0.304 e. The molecule has 2 N–H and O–H groups in total. The van der Waals surface area contributed by atoms with Crippen LogP contribution in [0.5, 0.6) is 0 Å². The molecular formula is C13H18N6O. The molecule has 0 aromatic carbocycles. The highest BCUT2D eigenvalue weighted by Gasteiger charge is 2.13. The second kappa shape index (κ2) is 5.68. The van der Waals surface area contributed by atoms with Crippen molar-refractivity contribution in [2.75, 3.05) is 10.6 Å². The fourth-order valence-electron chi connectivity index (χ4n) is 1.97. The van der Waals surface area contributed by atoms with Gasteiger partial charge in [0.1, 0.15) is 11.6 Å². The molecule has 106 valence electrons. The van der Waals surface area contributed by atoms with E-state index in [4.69, 9.17) is 0 Å². The minimum absolute atomic E-state index is 0.343. The second-order valence-electron chi connectivity index (χ2n) is 4.43. The van der Waals surface area contributed by atoms with Crippen LogP contribution in [0.25, 0.3) is 0 Å². The van der Waals surface area contributed by atoms with E-state index in [1.807, 2.05) is 25.5 Å². The monoisotopic (exact) mass is 274 g/mol. The highest BCUT2D eigenvalue weighted by atomic mass is 16.2. The van der Waals surface area contributed by atoms with E-state index in [-0.39, 0.29) is 6.03 Å². The minimum atomic E-state index is -0.343. The lowest BCUT2D eigenvalue weighted by atomic mass is 10.3. The van der Waals surface area contributed by atoms with Gasteiger partial charge in [-0.05, 0) is 33.8 Å². The van der Waals surface area contributed by atoms with Crippen LogP contribution in [-0.2, 0) is 6.54 Å². The number of hydrogen-bond donors (Lipinski definition) is 2. The summed E-state index contributed by atoms with van der Waals surface area (Å²) in [5, 5.41) is 9.83. The van der Waals surface area contributed by atoms with Crippen molar-refractivity contribution in [2.45, 2.75) is 34.2 Å². The van der Waals surface area contributed by atoms with Gasteiger partial charge in [-0.1, -0.05) is 0 Å². The highest BCUT2D eigenvalue weighted by Crippen LogP contribution is 2.19. The van der Waals surface area contributed by atoms with E-state index in [1.165, 1.54) is 0 Å². The van der Waals surface area contributed by atoms with Gasteiger partial charge >= 0.3 is 6.03 Å². The second-order valence-corrected chi connectivity index (χ2v) is 4.43. The van der Waals surface area contributed by atoms with Crippen molar-refractivity contribution < 1.29 is 4.79 Å². The first-order valence-corrected chi connectivity index (χ1v) is 6.43. The Hall–Kier alpha value is -2.44. The molecule has 2 aromatic heterocycles. The lowest BCUT2D eigenvalue weighted by Crippen LogP contribution is -2.21. The molecule has 0 atom stereocenters. The SMILES string of the molecule is CCn1nc(C)c(NC(=O)Nc2ccnc(C)n2)c1C. The number of urea groups is 1. The average molecular weight is 274 g/mol. The van der Waals surface area contributed by atoms with Crippen LogP contribution >= 0.6 is 0 Å². The third-order valence-electron chi connectivity index (χ3n) is 2.94. The third-order valence-corrected chi connectivity index (χ3v) is 2.94. The zero-order valence-electron chi connectivity index (χ0n) is 12.1. The third kappa shape index (κ3) is 2.93. The number of carbonyl (C=O) groups excluding carboxylic acids is 1. The number of anilines is 2. The summed E-state index contributed by atoms with van der Waals surface area (Å²) in [4.78, 5) is 20.1. The molecule has 0 aliphatic rings. The fourth-order valence-corrected chi connectivity index (χ4v) is 1.97. The zero-order chi connectivity index (χ0) is 14.7. The van der Waals surface area contributed by atoms with Crippen molar-refractivity contribution in [1.29, 1.82) is 0 Å². The van der Waals surface area contributed by atoms with Crippen molar-refractivity contribution in [3.63, 3.8) is 0 Å². The van der Waals surface area contributed by atoms with Crippen LogP contribution in [-0.4, -0.2) is 25.8 Å². The normalized spacial score (nSPS) is 10.4. The van der Waals surface area contributed by atoms with Crippen LogP contribution in [0.1, 0.15) is 24.1 Å². The molecule has 2 aromatic rings. The van der Waals surface area contributed by atoms with Gasteiger partial charge in [0.25, 0.3) is 0 Å². The van der Waals surface area contributed by atoms with Crippen LogP contribution in [0.15, 0.2) is 12.3 Å². The van der Waals surface area contributed by atoms with E-state index in [0.717, 1.165) is 23.6 Å². The number of nitrogens with one attached hydrogen (secondary N) is 2. The molecule has 0 saturated heterocycles. The molecule has 0 radical (unpaired) electrons. The van der Waals surface area contributed by atoms with Crippen LogP contribution in [0.4, 0.5) is 16.3 Å². The average Bonchev–Trinajstić information content (AvgIpc) is 2.66. The first-order chi connectivity index (χ1) is 9.51. The fraction of sp³-hybridized carbons (Fsp3) is 0.385. The summed E-state index contributed by atoms with van der Waals surface area (Å²) in [7, 11) is 0. The maximum absolute atomic E-state index is 12.0. The Morgan fingerprint density at radius 1 is 1.30 bits per heavy atom. The van der Waals surface area contributed by atoms with Crippen molar-refractivity contribution >= 4 is 17.5 Å². The number of carbonyl (C=O) groups is 1. The highest BCUT2D eigenvalue weighted by molar-refractivity contribution is 5.99. The number of amides is 2. The quantitative estimate of drug-likeness (QED) is 0.899. The van der Waals surface area contributed by atoms with Crippen LogP contribution in [0, 0.1) is 20.8 Å². The van der Waals surface area contributed by atoms with Gasteiger partial charge in [-0.2, -0.15) is 5.10 Å². The maximum Gasteiger partial charge on any atom is 0.324 e. The summed E-state index contributed by atoms with van der Waals surface area (Å²) < 4.78 is 1.85. The van der Waals surface area contributed by atoms with Crippen molar-refractivity contribution in [1.82, 2.24) is 19.7 Å². The van der Waals surface area contributed by atoms with E-state index < -0.39 is 0 Å². The number of aryl methyl sites for hydroxylation is 3. The van der Waals surface area contributed by atoms with Gasteiger partial charge in [0.2, 0.25) is 0 Å². The number of rotatable bonds is 3. The molecule has 0 unspecified atom stereocenters. The van der Waals surface area contributed by atoms with Crippen molar-refractivity contribution in [3.05, 3.63) is 29.5 Å². The smallest absolute Gasteiger partial charge is 0.304 e. The lowest BCUT2D eigenvalue weighted by molar-refractivity contribution is 0.262. The standard InChI is InChI=1S/C13H18N6O/c1-5-19-9(3)12(8(2)18-19)17-13(20)16-11-6-7-14-10(4)15-11/h6-7H,5H2,1-4H3,(H2,14,15,16,17,20). The number of nitrogens with zero attached hydrogens (tertiary/aromatic N) is 4. The van der Waals surface area contributed by atoms with E-state index in [2.05, 4.69) is 25.7 Å². The Morgan fingerprint density at radius 3 is 2.65 bits per heavy atom. The van der Waals surface area contributed by atoms with Gasteiger partial charge in [-0.15, -0.1) is 0 Å². The van der Waals surface area contributed by atoms with E-state index in [0.29, 0.717) is 11.6 Å². The summed E-state index contributed by atoms with van der Waals surface area (Å²) in [5.74, 6) is 1.07. The molecule has 0 fully saturated rings. The van der Waals surface area contributed by atoms with E-state index >= 15 is 0 Å². The lowest BCUT2D eigenvalue weighted by Gasteiger charge is -2.07. The van der Waals surface area contributed by atoms with Crippen molar-refractivity contribution in [3.8, 4) is 0 Å². The first-order valence-electron chi connectivity index (χ1n) is 6.43. The van der Waals surface area contributed by atoms with Crippen molar-refractivity contribution in [2.24, 2.45) is 0 Å². The van der Waals surface area contributed by atoms with Gasteiger partial charge in [0.05, 0.1) is 17.1 Å². The Bertz CT molecular complexity index is 634. The molecule has 2 amide bonds. The van der Waals surface area contributed by atoms with Gasteiger partial charge < -0.3 is 5.32 Å². The topological polar surface area (TPSA) is 84.7 Å². The van der Waals surface area contributed by atoms with Crippen LogP contribution in [0.3, 0.4) is 0 Å². The zero-order valence-corrected chi connectivity index (χ0v) is 12.1. The Morgan fingerprint density at radius 2 is 2.05 bits per heavy atom. The molecule has 20 heavy (non-hydrogen) atoms. The maximum atomic E-state index is 12.0. The summed E-state index contributed by atoms with van der Waals surface area (Å²) >= 11 is 0. The van der Waals surface area contributed by atoms with Crippen LogP contribution < -0.4 is 10.6 Å². The predicted octanol–water partition coefficient (Wildman–Crippen LogP) is 2.26. The first kappa shape index (κ1) is 14.0. The van der Waals surface area contributed by atoms with Gasteiger partial charge in [-0.3, -0.25) is 10.00 Å².